The highest BCUT2D eigenvalue weighted by Crippen LogP contribution is 1.87. The van der Waals surface area contributed by atoms with Crippen molar-refractivity contribution in [2.45, 2.75) is 13.3 Å². The Bertz CT molecular complexity index is 200. The van der Waals surface area contributed by atoms with Crippen molar-refractivity contribution in [2.24, 2.45) is 0 Å². The van der Waals surface area contributed by atoms with Gasteiger partial charge in [0.15, 0.2) is 0 Å². The van der Waals surface area contributed by atoms with Crippen LogP contribution in [0.2, 0.25) is 0 Å². The van der Waals surface area contributed by atoms with Gasteiger partial charge in [-0.2, -0.15) is 0 Å². The second-order valence-electron chi connectivity index (χ2n) is 1.73. The highest BCUT2D eigenvalue weighted by atomic mass is 28.1. The summed E-state index contributed by atoms with van der Waals surface area (Å²) in [6.45, 7) is 2.06. The Hall–Kier alpha value is -0.703. The predicted octanol–water partition coefficient (Wildman–Crippen LogP) is -0.167. The van der Waals surface area contributed by atoms with Gasteiger partial charge in [0.05, 0.1) is 5.45 Å². The van der Waals surface area contributed by atoms with Crippen molar-refractivity contribution in [3.05, 3.63) is 18.0 Å². The van der Waals surface area contributed by atoms with Gasteiger partial charge in [0.1, 0.15) is 10.2 Å². The molecular weight excluding hydrogens is 128 g/mol. The van der Waals surface area contributed by atoms with Crippen LogP contribution in [-0.2, 0) is 6.42 Å². The molecule has 0 spiro atoms. The Kier molecular flexibility index (Phi) is 1.95. The highest BCUT2D eigenvalue weighted by molar-refractivity contribution is 6.28. The molecule has 1 heterocycles. The third-order valence-electron chi connectivity index (χ3n) is 1.08. The van der Waals surface area contributed by atoms with Crippen LogP contribution in [0, 0.1) is 0 Å². The normalized spacial score (nSPS) is 9.56. The van der Waals surface area contributed by atoms with E-state index in [9.17, 15) is 0 Å². The molecule has 0 saturated carbocycles. The first-order chi connectivity index (χ1) is 4.33. The molecule has 0 aliphatic heterocycles. The predicted molar refractivity (Wildman–Crippen MR) is 36.8 cm³/mol. The molecule has 1 aromatic rings. The van der Waals surface area contributed by atoms with Crippen LogP contribution in [0.1, 0.15) is 12.6 Å². The van der Waals surface area contributed by atoms with E-state index in [4.69, 9.17) is 0 Å². The van der Waals surface area contributed by atoms with Crippen molar-refractivity contribution in [3.8, 4) is 0 Å². The quantitative estimate of drug-likeness (QED) is 0.500. The summed E-state index contributed by atoms with van der Waals surface area (Å²) in [7, 11) is 3.23. The van der Waals surface area contributed by atoms with E-state index >= 15 is 0 Å². The number of hydrogen-bond donors (Lipinski definition) is 0. The zero-order valence-electron chi connectivity index (χ0n) is 5.26. The second-order valence-corrected chi connectivity index (χ2v) is 2.17. The van der Waals surface area contributed by atoms with Crippen LogP contribution in [0.3, 0.4) is 0 Å². The van der Waals surface area contributed by atoms with Crippen molar-refractivity contribution in [2.75, 3.05) is 0 Å². The maximum atomic E-state index is 4.09. The fourth-order valence-electron chi connectivity index (χ4n) is 0.593. The van der Waals surface area contributed by atoms with Crippen LogP contribution in [0.15, 0.2) is 12.3 Å². The summed E-state index contributed by atoms with van der Waals surface area (Å²) in [6.07, 6.45) is 2.70. The van der Waals surface area contributed by atoms with Crippen LogP contribution >= 0.6 is 0 Å². The van der Waals surface area contributed by atoms with E-state index in [1.165, 1.54) is 0 Å². The summed E-state index contributed by atoms with van der Waals surface area (Å²) < 4.78 is 0. The maximum absolute atomic E-state index is 4.09. The van der Waals surface area contributed by atoms with E-state index in [1.807, 2.05) is 6.07 Å². The molecule has 45 valence electrons. The lowest BCUT2D eigenvalue weighted by atomic mass is 10.3. The molecule has 0 fully saturated rings. The standard InChI is InChI=1S/C6H7N2Si/c1-2-5-3-4-7-6(9)8-5/h3-4H,2H2,1H3. The first-order valence-corrected chi connectivity index (χ1v) is 3.36. The van der Waals surface area contributed by atoms with E-state index in [2.05, 4.69) is 27.1 Å². The Morgan fingerprint density at radius 2 is 2.44 bits per heavy atom. The average molecular weight is 135 g/mol. The Labute approximate surface area is 57.8 Å². The molecule has 0 aliphatic carbocycles. The molecule has 0 atom stereocenters. The maximum Gasteiger partial charge on any atom is 0.128 e. The van der Waals surface area contributed by atoms with Crippen LogP contribution < -0.4 is 5.45 Å². The van der Waals surface area contributed by atoms with Gasteiger partial charge in [0.25, 0.3) is 0 Å². The van der Waals surface area contributed by atoms with Gasteiger partial charge in [0.2, 0.25) is 0 Å². The molecule has 0 amide bonds. The van der Waals surface area contributed by atoms with E-state index in [0.29, 0.717) is 5.45 Å². The smallest absolute Gasteiger partial charge is 0.128 e. The van der Waals surface area contributed by atoms with Gasteiger partial charge in [-0.05, 0) is 12.5 Å². The molecular formula is C6H7N2Si. The topological polar surface area (TPSA) is 25.8 Å². The third kappa shape index (κ3) is 1.60. The molecule has 9 heavy (non-hydrogen) atoms. The number of hydrogen-bond acceptors (Lipinski definition) is 2. The van der Waals surface area contributed by atoms with Gasteiger partial charge < -0.3 is 0 Å². The summed E-state index contributed by atoms with van der Waals surface area (Å²) in [5, 5.41) is 0. The van der Waals surface area contributed by atoms with Crippen molar-refractivity contribution in [1.82, 2.24) is 9.97 Å². The number of nitrogens with zero attached hydrogens (tertiary/aromatic N) is 2. The van der Waals surface area contributed by atoms with Crippen LogP contribution in [0.25, 0.3) is 0 Å². The molecule has 1 rings (SSSR count). The van der Waals surface area contributed by atoms with Crippen LogP contribution in [-0.4, -0.2) is 20.2 Å². The minimum atomic E-state index is 0.661. The fraction of sp³-hybridized carbons (Fsp3) is 0.333. The SMILES string of the molecule is CCc1ccnc([Si])n1. The highest BCUT2D eigenvalue weighted by Gasteiger charge is 1.88. The van der Waals surface area contributed by atoms with Gasteiger partial charge >= 0.3 is 0 Å². The number of rotatable bonds is 1. The van der Waals surface area contributed by atoms with Gasteiger partial charge in [-0.3, -0.25) is 0 Å². The zero-order chi connectivity index (χ0) is 6.69. The molecule has 0 saturated heterocycles. The zero-order valence-corrected chi connectivity index (χ0v) is 6.26. The molecule has 3 radical (unpaired) electrons. The molecule has 2 nitrogen and oxygen atoms in total. The van der Waals surface area contributed by atoms with Gasteiger partial charge in [-0.1, -0.05) is 6.92 Å². The van der Waals surface area contributed by atoms with Gasteiger partial charge in [-0.15, -0.1) is 0 Å². The van der Waals surface area contributed by atoms with Gasteiger partial charge in [0, 0.05) is 11.9 Å². The Balaban J connectivity index is 2.94. The Morgan fingerprint density at radius 1 is 1.67 bits per heavy atom. The summed E-state index contributed by atoms with van der Waals surface area (Å²) in [4.78, 5) is 7.98. The van der Waals surface area contributed by atoms with E-state index < -0.39 is 0 Å². The molecule has 0 aromatic carbocycles. The first-order valence-electron chi connectivity index (χ1n) is 2.86. The number of aromatic nitrogens is 2. The second kappa shape index (κ2) is 2.73. The Morgan fingerprint density at radius 3 is 2.89 bits per heavy atom. The van der Waals surface area contributed by atoms with Crippen molar-refractivity contribution >= 4 is 15.7 Å². The van der Waals surface area contributed by atoms with Gasteiger partial charge in [-0.25, -0.2) is 9.97 Å². The minimum Gasteiger partial charge on any atom is -0.248 e. The largest absolute Gasteiger partial charge is 0.248 e. The molecule has 0 aliphatic rings. The monoisotopic (exact) mass is 135 g/mol. The summed E-state index contributed by atoms with van der Waals surface area (Å²) in [5.74, 6) is 0. The summed E-state index contributed by atoms with van der Waals surface area (Å²) in [5.41, 5.74) is 1.73. The third-order valence-corrected chi connectivity index (χ3v) is 1.32. The lowest BCUT2D eigenvalue weighted by molar-refractivity contribution is 1.02. The van der Waals surface area contributed by atoms with Crippen molar-refractivity contribution in [3.63, 3.8) is 0 Å². The molecule has 3 heteroatoms. The van der Waals surface area contributed by atoms with Crippen molar-refractivity contribution < 1.29 is 0 Å². The summed E-state index contributed by atoms with van der Waals surface area (Å²) >= 11 is 0. The lowest BCUT2D eigenvalue weighted by Crippen LogP contribution is -2.13. The number of aryl methyl sites for hydroxylation is 1. The minimum absolute atomic E-state index is 0.661. The molecule has 0 bridgehead atoms. The van der Waals surface area contributed by atoms with E-state index in [-0.39, 0.29) is 0 Å². The average Bonchev–Trinajstić information content (AvgIpc) is 1.88. The van der Waals surface area contributed by atoms with E-state index in [0.717, 1.165) is 12.1 Å². The molecule has 0 unspecified atom stereocenters. The summed E-state index contributed by atoms with van der Waals surface area (Å²) in [6, 6.07) is 1.91. The van der Waals surface area contributed by atoms with Crippen LogP contribution in [0.4, 0.5) is 0 Å². The van der Waals surface area contributed by atoms with Crippen LogP contribution in [0.5, 0.6) is 0 Å². The molecule has 1 aromatic heterocycles. The van der Waals surface area contributed by atoms with Crippen molar-refractivity contribution in [1.29, 1.82) is 0 Å². The van der Waals surface area contributed by atoms with E-state index in [1.54, 1.807) is 6.20 Å². The lowest BCUT2D eigenvalue weighted by Gasteiger charge is -1.93. The fourth-order valence-corrected chi connectivity index (χ4v) is 0.811. The molecule has 0 N–H and O–H groups in total. The first kappa shape index (κ1) is 6.42.